The summed E-state index contributed by atoms with van der Waals surface area (Å²) in [5.74, 6) is 0. The van der Waals surface area contributed by atoms with E-state index in [9.17, 15) is 5.11 Å². The fourth-order valence-corrected chi connectivity index (χ4v) is 1.35. The van der Waals surface area contributed by atoms with E-state index in [0.29, 0.717) is 15.6 Å². The molecule has 1 aromatic carbocycles. The van der Waals surface area contributed by atoms with Crippen LogP contribution in [0.15, 0.2) is 18.2 Å². The molecular formula is C9H11Cl2NO2. The molecule has 0 aliphatic carbocycles. The Morgan fingerprint density at radius 2 is 1.93 bits per heavy atom. The first-order valence-electron chi connectivity index (χ1n) is 4.05. The van der Waals surface area contributed by atoms with Gasteiger partial charge in [-0.1, -0.05) is 29.3 Å². The second-order valence-electron chi connectivity index (χ2n) is 2.96. The van der Waals surface area contributed by atoms with Crippen LogP contribution in [0, 0.1) is 0 Å². The van der Waals surface area contributed by atoms with Crippen LogP contribution >= 0.6 is 23.2 Å². The molecule has 5 heteroatoms. The van der Waals surface area contributed by atoms with Gasteiger partial charge in [0, 0.05) is 0 Å². The molecule has 2 atom stereocenters. The monoisotopic (exact) mass is 235 g/mol. The number of aliphatic hydroxyl groups is 2. The topological polar surface area (TPSA) is 66.5 Å². The fraction of sp³-hybridized carbons (Fsp3) is 0.333. The smallest absolute Gasteiger partial charge is 0.0963 e. The summed E-state index contributed by atoms with van der Waals surface area (Å²) in [4.78, 5) is 0. The van der Waals surface area contributed by atoms with Gasteiger partial charge in [0.1, 0.15) is 0 Å². The summed E-state index contributed by atoms with van der Waals surface area (Å²) in [5.41, 5.74) is 6.00. The Kier molecular flexibility index (Phi) is 4.16. The van der Waals surface area contributed by atoms with Crippen molar-refractivity contribution in [2.45, 2.75) is 12.1 Å². The van der Waals surface area contributed by atoms with Crippen molar-refractivity contribution in [3.63, 3.8) is 0 Å². The van der Waals surface area contributed by atoms with Crippen molar-refractivity contribution in [1.82, 2.24) is 0 Å². The maximum Gasteiger partial charge on any atom is 0.0963 e. The van der Waals surface area contributed by atoms with Crippen LogP contribution in [0.2, 0.25) is 10.0 Å². The third-order valence-electron chi connectivity index (χ3n) is 1.90. The molecule has 0 saturated carbocycles. The van der Waals surface area contributed by atoms with Crippen molar-refractivity contribution in [1.29, 1.82) is 0 Å². The SMILES string of the molecule is NC(CO)C(O)c1ccc(Cl)c(Cl)c1. The minimum absolute atomic E-state index is 0.290. The molecule has 4 N–H and O–H groups in total. The van der Waals surface area contributed by atoms with Crippen molar-refractivity contribution in [2.75, 3.05) is 6.61 Å². The zero-order valence-corrected chi connectivity index (χ0v) is 8.83. The van der Waals surface area contributed by atoms with Crippen LogP contribution in [0.3, 0.4) is 0 Å². The Morgan fingerprint density at radius 3 is 2.43 bits per heavy atom. The number of benzene rings is 1. The van der Waals surface area contributed by atoms with Gasteiger partial charge in [0.25, 0.3) is 0 Å². The van der Waals surface area contributed by atoms with Gasteiger partial charge in [-0.25, -0.2) is 0 Å². The second kappa shape index (κ2) is 4.96. The third-order valence-corrected chi connectivity index (χ3v) is 2.64. The summed E-state index contributed by atoms with van der Waals surface area (Å²) < 4.78 is 0. The summed E-state index contributed by atoms with van der Waals surface area (Å²) >= 11 is 11.5. The van der Waals surface area contributed by atoms with Gasteiger partial charge in [0.15, 0.2) is 0 Å². The van der Waals surface area contributed by atoms with Gasteiger partial charge >= 0.3 is 0 Å². The average molecular weight is 236 g/mol. The lowest BCUT2D eigenvalue weighted by Crippen LogP contribution is -2.31. The Labute approximate surface area is 92.1 Å². The van der Waals surface area contributed by atoms with Gasteiger partial charge in [-0.2, -0.15) is 0 Å². The maximum absolute atomic E-state index is 9.62. The minimum Gasteiger partial charge on any atom is -0.395 e. The third kappa shape index (κ3) is 2.59. The van der Waals surface area contributed by atoms with Gasteiger partial charge < -0.3 is 15.9 Å². The molecular weight excluding hydrogens is 225 g/mol. The highest BCUT2D eigenvalue weighted by molar-refractivity contribution is 6.42. The normalized spacial score (nSPS) is 15.2. The van der Waals surface area contributed by atoms with Crippen molar-refractivity contribution in [3.05, 3.63) is 33.8 Å². The van der Waals surface area contributed by atoms with E-state index < -0.39 is 12.1 Å². The lowest BCUT2D eigenvalue weighted by Gasteiger charge is -2.17. The standard InChI is InChI=1S/C9H11Cl2NO2/c10-6-2-1-5(3-7(6)11)9(14)8(12)4-13/h1-3,8-9,13-14H,4,12H2. The zero-order chi connectivity index (χ0) is 10.7. The van der Waals surface area contributed by atoms with Gasteiger partial charge in [0.05, 0.1) is 28.8 Å². The first kappa shape index (κ1) is 11.8. The first-order chi connectivity index (χ1) is 6.56. The molecule has 3 nitrogen and oxygen atoms in total. The van der Waals surface area contributed by atoms with Crippen molar-refractivity contribution in [3.8, 4) is 0 Å². The molecule has 0 spiro atoms. The molecule has 78 valence electrons. The molecule has 14 heavy (non-hydrogen) atoms. The van der Waals surface area contributed by atoms with E-state index in [1.807, 2.05) is 0 Å². The molecule has 0 saturated heterocycles. The van der Waals surface area contributed by atoms with Crippen LogP contribution in [-0.4, -0.2) is 22.9 Å². The molecule has 0 aliphatic heterocycles. The minimum atomic E-state index is -0.935. The average Bonchev–Trinajstić information content (AvgIpc) is 2.20. The highest BCUT2D eigenvalue weighted by Gasteiger charge is 2.16. The molecule has 0 heterocycles. The summed E-state index contributed by atoms with van der Waals surface area (Å²) in [6.45, 7) is -0.290. The Morgan fingerprint density at radius 1 is 1.29 bits per heavy atom. The van der Waals surface area contributed by atoms with Crippen molar-refractivity contribution >= 4 is 23.2 Å². The van der Waals surface area contributed by atoms with Gasteiger partial charge in [-0.15, -0.1) is 0 Å². The Balaban J connectivity index is 2.91. The number of aliphatic hydroxyl groups excluding tert-OH is 2. The predicted molar refractivity (Wildman–Crippen MR) is 56.5 cm³/mol. The highest BCUT2D eigenvalue weighted by atomic mass is 35.5. The number of hydrogen-bond acceptors (Lipinski definition) is 3. The Bertz CT molecular complexity index is 320. The number of hydrogen-bond donors (Lipinski definition) is 3. The van der Waals surface area contributed by atoms with Crippen LogP contribution in [0.4, 0.5) is 0 Å². The van der Waals surface area contributed by atoms with Crippen LogP contribution < -0.4 is 5.73 Å². The lowest BCUT2D eigenvalue weighted by molar-refractivity contribution is 0.109. The molecule has 0 bridgehead atoms. The van der Waals surface area contributed by atoms with E-state index in [-0.39, 0.29) is 6.61 Å². The van der Waals surface area contributed by atoms with Gasteiger partial charge in [-0.05, 0) is 17.7 Å². The molecule has 0 aliphatic rings. The van der Waals surface area contributed by atoms with E-state index in [2.05, 4.69) is 0 Å². The fourth-order valence-electron chi connectivity index (χ4n) is 1.04. The van der Waals surface area contributed by atoms with Gasteiger partial charge in [-0.3, -0.25) is 0 Å². The molecule has 0 amide bonds. The molecule has 0 radical (unpaired) electrons. The van der Waals surface area contributed by atoms with E-state index in [1.165, 1.54) is 6.07 Å². The zero-order valence-electron chi connectivity index (χ0n) is 7.32. The molecule has 0 aromatic heterocycles. The predicted octanol–water partition coefficient (Wildman–Crippen LogP) is 1.35. The molecule has 1 rings (SSSR count). The number of nitrogens with two attached hydrogens (primary N) is 1. The van der Waals surface area contributed by atoms with Crippen LogP contribution in [0.1, 0.15) is 11.7 Å². The number of rotatable bonds is 3. The largest absolute Gasteiger partial charge is 0.395 e. The van der Waals surface area contributed by atoms with Crippen LogP contribution in [0.25, 0.3) is 0 Å². The van der Waals surface area contributed by atoms with E-state index in [0.717, 1.165) is 0 Å². The van der Waals surface area contributed by atoms with Crippen molar-refractivity contribution in [2.24, 2.45) is 5.73 Å². The summed E-state index contributed by atoms with van der Waals surface area (Å²) in [6, 6.07) is 4.01. The first-order valence-corrected chi connectivity index (χ1v) is 4.81. The van der Waals surface area contributed by atoms with E-state index in [4.69, 9.17) is 34.0 Å². The summed E-state index contributed by atoms with van der Waals surface area (Å²) in [5, 5.41) is 19.1. The molecule has 2 unspecified atom stereocenters. The quantitative estimate of drug-likeness (QED) is 0.742. The number of halogens is 2. The molecule has 0 fully saturated rings. The lowest BCUT2D eigenvalue weighted by atomic mass is 10.0. The molecule has 1 aromatic rings. The van der Waals surface area contributed by atoms with E-state index in [1.54, 1.807) is 12.1 Å². The summed E-state index contributed by atoms with van der Waals surface area (Å²) in [7, 11) is 0. The Hall–Kier alpha value is -0.320. The highest BCUT2D eigenvalue weighted by Crippen LogP contribution is 2.26. The second-order valence-corrected chi connectivity index (χ2v) is 3.78. The maximum atomic E-state index is 9.62. The van der Waals surface area contributed by atoms with Crippen LogP contribution in [-0.2, 0) is 0 Å². The van der Waals surface area contributed by atoms with Crippen LogP contribution in [0.5, 0.6) is 0 Å². The summed E-state index contributed by atoms with van der Waals surface area (Å²) in [6.07, 6.45) is -0.935. The van der Waals surface area contributed by atoms with Crippen molar-refractivity contribution < 1.29 is 10.2 Å². The van der Waals surface area contributed by atoms with Gasteiger partial charge in [0.2, 0.25) is 0 Å². The van der Waals surface area contributed by atoms with E-state index >= 15 is 0 Å².